The number of halogens is 2. The third kappa shape index (κ3) is 2.91. The monoisotopic (exact) mass is 230 g/mol. The fourth-order valence-electron chi connectivity index (χ4n) is 1.54. The molecule has 0 spiro atoms. The molecule has 0 radical (unpaired) electrons. The van der Waals surface area contributed by atoms with E-state index in [0.29, 0.717) is 10.6 Å². The van der Waals surface area contributed by atoms with Crippen LogP contribution < -0.4 is 11.3 Å². The second-order valence-corrected chi connectivity index (χ2v) is 5.07. The second kappa shape index (κ2) is 4.47. The molecule has 0 aliphatic carbocycles. The van der Waals surface area contributed by atoms with Crippen LogP contribution >= 0.6 is 11.6 Å². The molecule has 1 rings (SSSR count). The molecule has 4 heteroatoms. The number of nitrogens with two attached hydrogens (primary N) is 1. The maximum absolute atomic E-state index is 13.6. The molecule has 1 unspecified atom stereocenters. The predicted molar refractivity (Wildman–Crippen MR) is 60.9 cm³/mol. The van der Waals surface area contributed by atoms with E-state index in [2.05, 4.69) is 5.43 Å². The van der Waals surface area contributed by atoms with E-state index in [1.807, 2.05) is 20.8 Å². The van der Waals surface area contributed by atoms with E-state index < -0.39 is 0 Å². The average molecular weight is 231 g/mol. The highest BCUT2D eigenvalue weighted by Crippen LogP contribution is 2.34. The molecule has 0 aliphatic heterocycles. The van der Waals surface area contributed by atoms with Gasteiger partial charge in [0.1, 0.15) is 5.82 Å². The zero-order chi connectivity index (χ0) is 11.6. The van der Waals surface area contributed by atoms with Crippen LogP contribution in [-0.4, -0.2) is 0 Å². The zero-order valence-electron chi connectivity index (χ0n) is 9.14. The van der Waals surface area contributed by atoms with E-state index in [-0.39, 0.29) is 17.3 Å². The van der Waals surface area contributed by atoms with Crippen molar-refractivity contribution in [1.82, 2.24) is 5.43 Å². The first-order valence-electron chi connectivity index (χ1n) is 4.77. The Balaban J connectivity index is 3.18. The molecule has 0 saturated heterocycles. The normalized spacial score (nSPS) is 14.0. The maximum atomic E-state index is 13.6. The highest BCUT2D eigenvalue weighted by atomic mass is 35.5. The standard InChI is InChI=1S/C11H16ClFN2/c1-11(2,3)10(15-14)8-6-7(12)4-5-9(8)13/h4-6,10,15H,14H2,1-3H3. The van der Waals surface area contributed by atoms with Gasteiger partial charge in [0.05, 0.1) is 6.04 Å². The summed E-state index contributed by atoms with van der Waals surface area (Å²) in [5, 5.41) is 0.510. The van der Waals surface area contributed by atoms with Gasteiger partial charge in [0, 0.05) is 10.6 Å². The summed E-state index contributed by atoms with van der Waals surface area (Å²) in [6.07, 6.45) is 0. The first kappa shape index (κ1) is 12.4. The van der Waals surface area contributed by atoms with Gasteiger partial charge in [-0.05, 0) is 23.6 Å². The Morgan fingerprint density at radius 2 is 2.00 bits per heavy atom. The third-order valence-corrected chi connectivity index (χ3v) is 2.54. The van der Waals surface area contributed by atoms with Gasteiger partial charge >= 0.3 is 0 Å². The lowest BCUT2D eigenvalue weighted by Crippen LogP contribution is -2.37. The first-order chi connectivity index (χ1) is 6.86. The Labute approximate surface area is 94.6 Å². The highest BCUT2D eigenvalue weighted by Gasteiger charge is 2.27. The number of hydrogen-bond acceptors (Lipinski definition) is 2. The van der Waals surface area contributed by atoms with Gasteiger partial charge in [-0.2, -0.15) is 0 Å². The van der Waals surface area contributed by atoms with Crippen LogP contribution in [0.3, 0.4) is 0 Å². The van der Waals surface area contributed by atoms with E-state index in [4.69, 9.17) is 17.4 Å². The number of rotatable bonds is 2. The Hall–Kier alpha value is -0.640. The molecule has 3 N–H and O–H groups in total. The molecular weight excluding hydrogens is 215 g/mol. The lowest BCUT2D eigenvalue weighted by molar-refractivity contribution is 0.269. The molecule has 0 amide bonds. The van der Waals surface area contributed by atoms with Crippen LogP contribution in [0, 0.1) is 11.2 Å². The van der Waals surface area contributed by atoms with Gasteiger partial charge in [0.15, 0.2) is 0 Å². The van der Waals surface area contributed by atoms with Gasteiger partial charge in [-0.3, -0.25) is 11.3 Å². The van der Waals surface area contributed by atoms with Crippen molar-refractivity contribution in [2.24, 2.45) is 11.3 Å². The van der Waals surface area contributed by atoms with Crippen molar-refractivity contribution >= 4 is 11.6 Å². The number of nitrogens with one attached hydrogen (secondary N) is 1. The van der Waals surface area contributed by atoms with Crippen molar-refractivity contribution in [3.63, 3.8) is 0 Å². The average Bonchev–Trinajstić information content (AvgIpc) is 2.10. The summed E-state index contributed by atoms with van der Waals surface area (Å²) in [6.45, 7) is 5.95. The van der Waals surface area contributed by atoms with Gasteiger partial charge in [0.2, 0.25) is 0 Å². The van der Waals surface area contributed by atoms with Crippen LogP contribution in [0.25, 0.3) is 0 Å². The van der Waals surface area contributed by atoms with E-state index >= 15 is 0 Å². The zero-order valence-corrected chi connectivity index (χ0v) is 9.90. The number of benzene rings is 1. The molecular formula is C11H16ClFN2. The van der Waals surface area contributed by atoms with Crippen LogP contribution in [0.2, 0.25) is 5.02 Å². The Kier molecular flexibility index (Phi) is 3.71. The summed E-state index contributed by atoms with van der Waals surface area (Å²) in [5.74, 6) is 5.16. The highest BCUT2D eigenvalue weighted by molar-refractivity contribution is 6.30. The summed E-state index contributed by atoms with van der Waals surface area (Å²) in [5.41, 5.74) is 2.95. The van der Waals surface area contributed by atoms with Gasteiger partial charge in [-0.1, -0.05) is 32.4 Å². The molecule has 15 heavy (non-hydrogen) atoms. The smallest absolute Gasteiger partial charge is 0.128 e. The summed E-state index contributed by atoms with van der Waals surface area (Å²) in [7, 11) is 0. The molecule has 0 bridgehead atoms. The molecule has 84 valence electrons. The molecule has 0 fully saturated rings. The minimum atomic E-state index is -0.294. The number of hydrazine groups is 1. The lowest BCUT2D eigenvalue weighted by Gasteiger charge is -2.30. The lowest BCUT2D eigenvalue weighted by atomic mass is 9.82. The van der Waals surface area contributed by atoms with Crippen molar-refractivity contribution < 1.29 is 4.39 Å². The van der Waals surface area contributed by atoms with Crippen LogP contribution in [0.4, 0.5) is 4.39 Å². The largest absolute Gasteiger partial charge is 0.271 e. The maximum Gasteiger partial charge on any atom is 0.128 e. The first-order valence-corrected chi connectivity index (χ1v) is 5.15. The van der Waals surface area contributed by atoms with E-state index in [1.54, 1.807) is 6.07 Å². The van der Waals surface area contributed by atoms with Crippen LogP contribution in [0.15, 0.2) is 18.2 Å². The molecule has 0 aliphatic rings. The molecule has 0 heterocycles. The molecule has 1 aromatic carbocycles. The molecule has 1 atom stereocenters. The van der Waals surface area contributed by atoms with Crippen LogP contribution in [-0.2, 0) is 0 Å². The van der Waals surface area contributed by atoms with Gasteiger partial charge in [-0.15, -0.1) is 0 Å². The van der Waals surface area contributed by atoms with E-state index in [0.717, 1.165) is 0 Å². The summed E-state index contributed by atoms with van der Waals surface area (Å²) >= 11 is 5.83. The quantitative estimate of drug-likeness (QED) is 0.606. The Morgan fingerprint density at radius 3 is 2.47 bits per heavy atom. The fraction of sp³-hybridized carbons (Fsp3) is 0.455. The van der Waals surface area contributed by atoms with E-state index in [9.17, 15) is 4.39 Å². The summed E-state index contributed by atoms with van der Waals surface area (Å²) in [6, 6.07) is 4.22. The Morgan fingerprint density at radius 1 is 1.40 bits per heavy atom. The van der Waals surface area contributed by atoms with Crippen molar-refractivity contribution in [3.05, 3.63) is 34.6 Å². The van der Waals surface area contributed by atoms with Crippen molar-refractivity contribution in [3.8, 4) is 0 Å². The SMILES string of the molecule is CC(C)(C)C(NN)c1cc(Cl)ccc1F. The molecule has 0 aromatic heterocycles. The van der Waals surface area contributed by atoms with Crippen molar-refractivity contribution in [1.29, 1.82) is 0 Å². The third-order valence-electron chi connectivity index (χ3n) is 2.30. The van der Waals surface area contributed by atoms with E-state index in [1.165, 1.54) is 12.1 Å². The molecule has 2 nitrogen and oxygen atoms in total. The topological polar surface area (TPSA) is 38.0 Å². The Bertz CT molecular complexity index is 347. The minimum Gasteiger partial charge on any atom is -0.271 e. The van der Waals surface area contributed by atoms with Crippen molar-refractivity contribution in [2.45, 2.75) is 26.8 Å². The number of hydrogen-bond donors (Lipinski definition) is 2. The fourth-order valence-corrected chi connectivity index (χ4v) is 1.72. The van der Waals surface area contributed by atoms with Crippen LogP contribution in [0.1, 0.15) is 32.4 Å². The molecule has 0 saturated carbocycles. The van der Waals surface area contributed by atoms with Gasteiger partial charge in [-0.25, -0.2) is 4.39 Å². The molecule has 1 aromatic rings. The van der Waals surface area contributed by atoms with Crippen molar-refractivity contribution in [2.75, 3.05) is 0 Å². The summed E-state index contributed by atoms with van der Waals surface area (Å²) in [4.78, 5) is 0. The van der Waals surface area contributed by atoms with Gasteiger partial charge < -0.3 is 0 Å². The minimum absolute atomic E-state index is 0.180. The summed E-state index contributed by atoms with van der Waals surface area (Å²) < 4.78 is 13.6. The van der Waals surface area contributed by atoms with Crippen LogP contribution in [0.5, 0.6) is 0 Å². The second-order valence-electron chi connectivity index (χ2n) is 4.63. The predicted octanol–water partition coefficient (Wildman–Crippen LogP) is 3.03. The van der Waals surface area contributed by atoms with Gasteiger partial charge in [0.25, 0.3) is 0 Å².